The molecule has 0 fully saturated rings. The zero-order valence-electron chi connectivity index (χ0n) is 18.2. The third kappa shape index (κ3) is 6.42. The highest BCUT2D eigenvalue weighted by Crippen LogP contribution is 2.28. The van der Waals surface area contributed by atoms with E-state index in [4.69, 9.17) is 0 Å². The van der Waals surface area contributed by atoms with Crippen LogP contribution in [-0.4, -0.2) is 11.1 Å². The Morgan fingerprint density at radius 1 is 0.871 bits per heavy atom. The number of carboxylic acid groups (broad SMARTS) is 1. The average molecular weight is 420 g/mol. The number of halogens is 1. The zero-order chi connectivity index (χ0) is 22.3. The van der Waals surface area contributed by atoms with Gasteiger partial charge in [0.25, 0.3) is 0 Å². The summed E-state index contributed by atoms with van der Waals surface area (Å²) in [6, 6.07) is 25.4. The number of rotatable bonds is 10. The van der Waals surface area contributed by atoms with Gasteiger partial charge in [0.2, 0.25) is 0 Å². The SMILES string of the molecule is CC(C)(CCCc1ccc(F)c(N(Cc2ccccc2)Cc2ccccc2)c1)C(=O)O. The van der Waals surface area contributed by atoms with E-state index in [-0.39, 0.29) is 5.82 Å². The minimum atomic E-state index is -0.788. The number of hydrogen-bond donors (Lipinski definition) is 1. The normalized spacial score (nSPS) is 11.3. The summed E-state index contributed by atoms with van der Waals surface area (Å²) in [5.74, 6) is -1.04. The third-order valence-corrected chi connectivity index (χ3v) is 5.63. The molecular formula is C27H30FNO2. The Bertz CT molecular complexity index is 945. The van der Waals surface area contributed by atoms with Crippen molar-refractivity contribution in [3.8, 4) is 0 Å². The number of hydrogen-bond acceptors (Lipinski definition) is 2. The van der Waals surface area contributed by atoms with Gasteiger partial charge in [-0.2, -0.15) is 0 Å². The van der Waals surface area contributed by atoms with Crippen molar-refractivity contribution in [2.45, 2.75) is 46.2 Å². The molecule has 0 unspecified atom stereocenters. The summed E-state index contributed by atoms with van der Waals surface area (Å²) in [5.41, 5.74) is 3.07. The minimum Gasteiger partial charge on any atom is -0.481 e. The lowest BCUT2D eigenvalue weighted by Gasteiger charge is -2.26. The largest absolute Gasteiger partial charge is 0.481 e. The van der Waals surface area contributed by atoms with Gasteiger partial charge in [-0.15, -0.1) is 0 Å². The number of anilines is 1. The summed E-state index contributed by atoms with van der Waals surface area (Å²) in [6.45, 7) is 4.68. The first-order valence-electron chi connectivity index (χ1n) is 10.7. The van der Waals surface area contributed by atoms with Gasteiger partial charge in [0.05, 0.1) is 11.1 Å². The van der Waals surface area contributed by atoms with Crippen molar-refractivity contribution >= 4 is 11.7 Å². The Balaban J connectivity index is 1.82. The molecular weight excluding hydrogens is 389 g/mol. The molecule has 0 radical (unpaired) electrons. The summed E-state index contributed by atoms with van der Waals surface area (Å²) in [7, 11) is 0. The highest BCUT2D eigenvalue weighted by Gasteiger charge is 2.26. The van der Waals surface area contributed by atoms with Gasteiger partial charge < -0.3 is 10.0 Å². The van der Waals surface area contributed by atoms with Crippen molar-refractivity contribution in [2.75, 3.05) is 4.90 Å². The molecule has 31 heavy (non-hydrogen) atoms. The molecule has 0 aliphatic rings. The van der Waals surface area contributed by atoms with E-state index >= 15 is 0 Å². The smallest absolute Gasteiger partial charge is 0.309 e. The van der Waals surface area contributed by atoms with Crippen molar-refractivity contribution < 1.29 is 14.3 Å². The second-order valence-electron chi connectivity index (χ2n) is 8.66. The van der Waals surface area contributed by atoms with Crippen molar-refractivity contribution in [1.82, 2.24) is 0 Å². The van der Waals surface area contributed by atoms with Gasteiger partial charge in [0, 0.05) is 13.1 Å². The van der Waals surface area contributed by atoms with Crippen LogP contribution in [0, 0.1) is 11.2 Å². The molecule has 0 bridgehead atoms. The van der Waals surface area contributed by atoms with Crippen LogP contribution in [0.1, 0.15) is 43.4 Å². The predicted molar refractivity (Wildman–Crippen MR) is 124 cm³/mol. The number of carboxylic acids is 1. The van der Waals surface area contributed by atoms with E-state index in [1.807, 2.05) is 66.7 Å². The second-order valence-corrected chi connectivity index (χ2v) is 8.66. The molecule has 0 spiro atoms. The topological polar surface area (TPSA) is 40.5 Å². The Morgan fingerprint density at radius 2 is 1.42 bits per heavy atom. The van der Waals surface area contributed by atoms with Crippen molar-refractivity contribution in [3.05, 3.63) is 101 Å². The molecule has 0 atom stereocenters. The van der Waals surface area contributed by atoms with Crippen LogP contribution >= 0.6 is 0 Å². The molecule has 3 aromatic carbocycles. The molecule has 1 N–H and O–H groups in total. The monoisotopic (exact) mass is 419 g/mol. The van der Waals surface area contributed by atoms with Crippen LogP contribution in [-0.2, 0) is 24.3 Å². The molecule has 3 aromatic rings. The molecule has 4 heteroatoms. The van der Waals surface area contributed by atoms with Gasteiger partial charge in [-0.05, 0) is 61.9 Å². The van der Waals surface area contributed by atoms with Crippen LogP contribution in [0.2, 0.25) is 0 Å². The summed E-state index contributed by atoms with van der Waals surface area (Å²) in [6.07, 6.45) is 2.03. The fraction of sp³-hybridized carbons (Fsp3) is 0.296. The number of benzene rings is 3. The fourth-order valence-electron chi connectivity index (χ4n) is 3.63. The standard InChI is InChI=1S/C27H30FNO2/c1-27(2,26(30)31)17-9-14-21-15-16-24(28)25(18-21)29(19-22-10-5-3-6-11-22)20-23-12-7-4-8-13-23/h3-8,10-13,15-16,18H,9,14,17,19-20H2,1-2H3,(H,30,31). The molecule has 3 rings (SSSR count). The summed E-state index contributed by atoms with van der Waals surface area (Å²) >= 11 is 0. The van der Waals surface area contributed by atoms with Crippen LogP contribution in [0.3, 0.4) is 0 Å². The Hall–Kier alpha value is -3.14. The predicted octanol–water partition coefficient (Wildman–Crippen LogP) is 6.47. The Morgan fingerprint density at radius 3 is 1.94 bits per heavy atom. The lowest BCUT2D eigenvalue weighted by atomic mass is 9.87. The Kier molecular flexibility index (Phi) is 7.45. The summed E-state index contributed by atoms with van der Waals surface area (Å²) < 4.78 is 14.9. The van der Waals surface area contributed by atoms with Crippen molar-refractivity contribution in [3.63, 3.8) is 0 Å². The van der Waals surface area contributed by atoms with Crippen LogP contribution in [0.4, 0.5) is 10.1 Å². The van der Waals surface area contributed by atoms with Gasteiger partial charge in [-0.1, -0.05) is 66.7 Å². The maximum atomic E-state index is 14.9. The van der Waals surface area contributed by atoms with Crippen molar-refractivity contribution in [2.24, 2.45) is 5.41 Å². The van der Waals surface area contributed by atoms with Crippen LogP contribution in [0.15, 0.2) is 78.9 Å². The quantitative estimate of drug-likeness (QED) is 0.410. The first-order valence-corrected chi connectivity index (χ1v) is 10.7. The summed E-state index contributed by atoms with van der Waals surface area (Å²) in [4.78, 5) is 13.4. The van der Waals surface area contributed by atoms with Gasteiger partial charge in [-0.3, -0.25) is 4.79 Å². The van der Waals surface area contributed by atoms with E-state index in [9.17, 15) is 14.3 Å². The lowest BCUT2D eigenvalue weighted by Crippen LogP contribution is -2.24. The van der Waals surface area contributed by atoms with E-state index in [2.05, 4.69) is 4.90 Å². The molecule has 0 aliphatic carbocycles. The van der Waals surface area contributed by atoms with E-state index in [1.54, 1.807) is 19.9 Å². The molecule has 0 aromatic heterocycles. The first-order chi connectivity index (χ1) is 14.8. The number of aliphatic carboxylic acids is 1. The molecule has 0 saturated carbocycles. The van der Waals surface area contributed by atoms with E-state index < -0.39 is 11.4 Å². The Labute approximate surface area is 184 Å². The van der Waals surface area contributed by atoms with Gasteiger partial charge in [-0.25, -0.2) is 4.39 Å². The van der Waals surface area contributed by atoms with Crippen LogP contribution in [0.25, 0.3) is 0 Å². The number of aryl methyl sites for hydroxylation is 1. The van der Waals surface area contributed by atoms with E-state index in [0.717, 1.165) is 23.1 Å². The molecule has 0 heterocycles. The fourth-order valence-corrected chi connectivity index (χ4v) is 3.63. The van der Waals surface area contributed by atoms with Gasteiger partial charge in [0.15, 0.2) is 0 Å². The lowest BCUT2D eigenvalue weighted by molar-refractivity contribution is -0.147. The first kappa shape index (κ1) is 22.5. The van der Waals surface area contributed by atoms with Gasteiger partial charge in [0.1, 0.15) is 5.82 Å². The third-order valence-electron chi connectivity index (χ3n) is 5.63. The van der Waals surface area contributed by atoms with Crippen LogP contribution < -0.4 is 4.90 Å². The molecule has 0 amide bonds. The van der Waals surface area contributed by atoms with Crippen LogP contribution in [0.5, 0.6) is 0 Å². The van der Waals surface area contributed by atoms with Gasteiger partial charge >= 0.3 is 5.97 Å². The highest BCUT2D eigenvalue weighted by molar-refractivity contribution is 5.73. The van der Waals surface area contributed by atoms with E-state index in [1.165, 1.54) is 6.07 Å². The number of carbonyl (C=O) groups is 1. The molecule has 162 valence electrons. The number of nitrogens with zero attached hydrogens (tertiary/aromatic N) is 1. The second kappa shape index (κ2) is 10.3. The molecule has 0 aliphatic heterocycles. The maximum Gasteiger partial charge on any atom is 0.309 e. The molecule has 3 nitrogen and oxygen atoms in total. The highest BCUT2D eigenvalue weighted by atomic mass is 19.1. The molecule has 0 saturated heterocycles. The van der Waals surface area contributed by atoms with Crippen molar-refractivity contribution in [1.29, 1.82) is 0 Å². The average Bonchev–Trinajstić information content (AvgIpc) is 2.76. The zero-order valence-corrected chi connectivity index (χ0v) is 18.2. The van der Waals surface area contributed by atoms with E-state index in [0.29, 0.717) is 31.6 Å². The minimum absolute atomic E-state index is 0.249. The maximum absolute atomic E-state index is 14.9. The summed E-state index contributed by atoms with van der Waals surface area (Å²) in [5, 5.41) is 9.32.